The number of likely N-dealkylation sites (tertiary alicyclic amines) is 1. The van der Waals surface area contributed by atoms with E-state index in [-0.39, 0.29) is 23.1 Å². The van der Waals surface area contributed by atoms with Crippen molar-refractivity contribution in [3.8, 4) is 11.5 Å². The molecule has 2 aromatic heterocycles. The van der Waals surface area contributed by atoms with Crippen LogP contribution < -0.4 is 0 Å². The van der Waals surface area contributed by atoms with Gasteiger partial charge in [-0.15, -0.1) is 21.5 Å². The predicted octanol–water partition coefficient (Wildman–Crippen LogP) is 5.16. The molecule has 1 amide bonds. The summed E-state index contributed by atoms with van der Waals surface area (Å²) in [6.07, 6.45) is 5.91. The molecule has 0 spiro atoms. The molecule has 1 saturated carbocycles. The van der Waals surface area contributed by atoms with E-state index in [1.165, 1.54) is 17.0 Å². The summed E-state index contributed by atoms with van der Waals surface area (Å²) in [7, 11) is 0. The van der Waals surface area contributed by atoms with Gasteiger partial charge in [-0.05, 0) is 61.4 Å². The number of rotatable bonds is 4. The van der Waals surface area contributed by atoms with Gasteiger partial charge in [0, 0.05) is 23.5 Å². The van der Waals surface area contributed by atoms with Crippen LogP contribution in [0.25, 0.3) is 11.5 Å². The van der Waals surface area contributed by atoms with E-state index in [4.69, 9.17) is 4.42 Å². The Balaban J connectivity index is 1.35. The molecular weight excluding hydrogens is 401 g/mol. The van der Waals surface area contributed by atoms with Crippen molar-refractivity contribution in [1.82, 2.24) is 15.1 Å². The molecule has 3 heterocycles. The van der Waals surface area contributed by atoms with Crippen LogP contribution in [0.1, 0.15) is 55.2 Å². The summed E-state index contributed by atoms with van der Waals surface area (Å²) in [5.74, 6) is 0.936. The highest BCUT2D eigenvalue weighted by Gasteiger charge is 2.46. The molecule has 0 radical (unpaired) electrons. The van der Waals surface area contributed by atoms with Crippen LogP contribution in [0.15, 0.2) is 46.2 Å². The van der Waals surface area contributed by atoms with E-state index in [2.05, 4.69) is 21.6 Å². The Kier molecular flexibility index (Phi) is 5.15. The highest BCUT2D eigenvalue weighted by Crippen LogP contribution is 2.45. The molecule has 0 N–H and O–H groups in total. The zero-order valence-electron chi connectivity index (χ0n) is 16.7. The normalized spacial score (nSPS) is 21.1. The minimum Gasteiger partial charge on any atom is -0.420 e. The molecule has 5 nitrogen and oxygen atoms in total. The van der Waals surface area contributed by atoms with Gasteiger partial charge in [-0.25, -0.2) is 4.39 Å². The van der Waals surface area contributed by atoms with Gasteiger partial charge < -0.3 is 9.32 Å². The number of aromatic nitrogens is 2. The summed E-state index contributed by atoms with van der Waals surface area (Å²) in [5, 5.41) is 10.5. The van der Waals surface area contributed by atoms with Crippen LogP contribution in [0.4, 0.5) is 4.39 Å². The number of carbonyl (C=O) groups excluding carboxylic acids is 1. The van der Waals surface area contributed by atoms with Crippen molar-refractivity contribution in [3.63, 3.8) is 0 Å². The van der Waals surface area contributed by atoms with Crippen molar-refractivity contribution in [2.24, 2.45) is 0 Å². The Labute approximate surface area is 178 Å². The number of thiophene rings is 1. The molecule has 30 heavy (non-hydrogen) atoms. The van der Waals surface area contributed by atoms with Crippen LogP contribution in [0.2, 0.25) is 0 Å². The first-order chi connectivity index (χ1) is 14.7. The molecule has 156 valence electrons. The van der Waals surface area contributed by atoms with Crippen LogP contribution in [-0.2, 0) is 10.2 Å². The highest BCUT2D eigenvalue weighted by molar-refractivity contribution is 7.10. The summed E-state index contributed by atoms with van der Waals surface area (Å²) in [4.78, 5) is 16.9. The molecule has 0 bridgehead atoms. The number of carbonyl (C=O) groups is 1. The standard InChI is InChI=1S/C23H24FN3O2S/c24-18-9-7-16(8-10-18)20-25-26-21(29-20)17-5-3-13-27(15-17)22(28)23(11-1-2-12-23)19-6-4-14-30-19/h4,6-10,14,17H,1-3,5,11-13,15H2. The molecule has 7 heteroatoms. The van der Waals surface area contributed by atoms with Gasteiger partial charge >= 0.3 is 0 Å². The van der Waals surface area contributed by atoms with Gasteiger partial charge in [-0.2, -0.15) is 0 Å². The van der Waals surface area contributed by atoms with Crippen LogP contribution in [0, 0.1) is 5.82 Å². The number of nitrogens with zero attached hydrogens (tertiary/aromatic N) is 3. The third-order valence-corrected chi connectivity index (χ3v) is 7.52. The Hall–Kier alpha value is -2.54. The lowest BCUT2D eigenvalue weighted by molar-refractivity contribution is -0.138. The van der Waals surface area contributed by atoms with Gasteiger partial charge in [0.2, 0.25) is 17.7 Å². The van der Waals surface area contributed by atoms with Crippen molar-refractivity contribution in [3.05, 3.63) is 58.4 Å². The maximum atomic E-state index is 13.7. The highest BCUT2D eigenvalue weighted by atomic mass is 32.1. The Morgan fingerprint density at radius 3 is 2.67 bits per heavy atom. The van der Waals surface area contributed by atoms with E-state index >= 15 is 0 Å². The SMILES string of the molecule is O=C(N1CCCC(c2nnc(-c3ccc(F)cc3)o2)C1)C1(c2cccs2)CCCC1. The maximum absolute atomic E-state index is 13.7. The number of amides is 1. The van der Waals surface area contributed by atoms with Gasteiger partial charge in [0.15, 0.2) is 0 Å². The monoisotopic (exact) mass is 425 g/mol. The van der Waals surface area contributed by atoms with Crippen molar-refractivity contribution >= 4 is 17.2 Å². The Bertz CT molecular complexity index is 1010. The van der Waals surface area contributed by atoms with Gasteiger partial charge in [0.25, 0.3) is 0 Å². The van der Waals surface area contributed by atoms with Gasteiger partial charge in [0.05, 0.1) is 11.3 Å². The fraction of sp³-hybridized carbons (Fsp3) is 0.435. The number of halogens is 1. The zero-order valence-corrected chi connectivity index (χ0v) is 17.5. The molecule has 2 fully saturated rings. The van der Waals surface area contributed by atoms with Crippen LogP contribution >= 0.6 is 11.3 Å². The first-order valence-electron chi connectivity index (χ1n) is 10.6. The molecule has 1 saturated heterocycles. The Morgan fingerprint density at radius 2 is 1.93 bits per heavy atom. The largest absolute Gasteiger partial charge is 0.420 e. The average Bonchev–Trinajstić information content (AvgIpc) is 3.55. The molecule has 1 aliphatic carbocycles. The first-order valence-corrected chi connectivity index (χ1v) is 11.5. The van der Waals surface area contributed by atoms with Gasteiger partial charge in [-0.3, -0.25) is 4.79 Å². The smallest absolute Gasteiger partial charge is 0.247 e. The van der Waals surface area contributed by atoms with Crippen LogP contribution in [0.5, 0.6) is 0 Å². The molecule has 1 unspecified atom stereocenters. The second kappa shape index (κ2) is 7.95. The number of hydrogen-bond donors (Lipinski definition) is 0. The van der Waals surface area contributed by atoms with E-state index in [9.17, 15) is 9.18 Å². The van der Waals surface area contributed by atoms with Crippen LogP contribution in [0.3, 0.4) is 0 Å². The van der Waals surface area contributed by atoms with Crippen molar-refractivity contribution in [2.45, 2.75) is 49.9 Å². The summed E-state index contributed by atoms with van der Waals surface area (Å²) >= 11 is 1.70. The quantitative estimate of drug-likeness (QED) is 0.580. The fourth-order valence-corrected chi connectivity index (χ4v) is 5.85. The number of hydrogen-bond acceptors (Lipinski definition) is 5. The van der Waals surface area contributed by atoms with Crippen LogP contribution in [-0.4, -0.2) is 34.1 Å². The first kappa shape index (κ1) is 19.4. The van der Waals surface area contributed by atoms with E-state index in [0.717, 1.165) is 45.1 Å². The third kappa shape index (κ3) is 3.45. The number of benzene rings is 1. The average molecular weight is 426 g/mol. The summed E-state index contributed by atoms with van der Waals surface area (Å²) < 4.78 is 19.1. The fourth-order valence-electron chi connectivity index (χ4n) is 4.87. The molecule has 5 rings (SSSR count). The minimum atomic E-state index is -0.357. The second-order valence-corrected chi connectivity index (χ2v) is 9.26. The molecule has 2 aliphatic rings. The zero-order chi connectivity index (χ0) is 20.6. The Morgan fingerprint density at radius 1 is 1.13 bits per heavy atom. The van der Waals surface area contributed by atoms with Crippen molar-refractivity contribution in [1.29, 1.82) is 0 Å². The molecule has 3 aromatic rings. The van der Waals surface area contributed by atoms with E-state index in [1.807, 2.05) is 11.0 Å². The van der Waals surface area contributed by atoms with E-state index in [0.29, 0.717) is 23.9 Å². The van der Waals surface area contributed by atoms with Crippen molar-refractivity contribution < 1.29 is 13.6 Å². The second-order valence-electron chi connectivity index (χ2n) is 8.31. The molecule has 1 aromatic carbocycles. The number of piperidine rings is 1. The van der Waals surface area contributed by atoms with Crippen molar-refractivity contribution in [2.75, 3.05) is 13.1 Å². The lowest BCUT2D eigenvalue weighted by atomic mass is 9.82. The summed E-state index contributed by atoms with van der Waals surface area (Å²) in [6, 6.07) is 10.2. The molecular formula is C23H24FN3O2S. The lowest BCUT2D eigenvalue weighted by Gasteiger charge is -2.38. The topological polar surface area (TPSA) is 59.2 Å². The summed E-state index contributed by atoms with van der Waals surface area (Å²) in [5.41, 5.74) is 0.339. The third-order valence-electron chi connectivity index (χ3n) is 6.45. The lowest BCUT2D eigenvalue weighted by Crippen LogP contribution is -2.48. The van der Waals surface area contributed by atoms with Gasteiger partial charge in [-0.1, -0.05) is 18.9 Å². The molecule has 1 aliphatic heterocycles. The summed E-state index contributed by atoms with van der Waals surface area (Å²) in [6.45, 7) is 1.39. The van der Waals surface area contributed by atoms with E-state index in [1.54, 1.807) is 23.5 Å². The maximum Gasteiger partial charge on any atom is 0.247 e. The predicted molar refractivity (Wildman–Crippen MR) is 113 cm³/mol. The van der Waals surface area contributed by atoms with Gasteiger partial charge in [0.1, 0.15) is 5.82 Å². The van der Waals surface area contributed by atoms with E-state index < -0.39 is 0 Å². The molecule has 1 atom stereocenters. The minimum absolute atomic E-state index is 0.0335.